The monoisotopic (exact) mass is 327 g/mol. The highest BCUT2D eigenvalue weighted by Gasteiger charge is 2.19. The van der Waals surface area contributed by atoms with Crippen molar-refractivity contribution >= 4 is 18.3 Å². The molecule has 1 saturated heterocycles. The van der Waals surface area contributed by atoms with Crippen molar-refractivity contribution < 1.29 is 9.53 Å². The van der Waals surface area contributed by atoms with Gasteiger partial charge in [-0.25, -0.2) is 0 Å². The van der Waals surface area contributed by atoms with Crippen molar-refractivity contribution in [2.75, 3.05) is 33.3 Å². The predicted molar refractivity (Wildman–Crippen MR) is 90.3 cm³/mol. The highest BCUT2D eigenvalue weighted by Crippen LogP contribution is 2.17. The fourth-order valence-electron chi connectivity index (χ4n) is 2.68. The second kappa shape index (κ2) is 9.66. The van der Waals surface area contributed by atoms with Crippen molar-refractivity contribution in [3.8, 4) is 5.75 Å². The van der Waals surface area contributed by atoms with Gasteiger partial charge in [0.15, 0.2) is 0 Å². The summed E-state index contributed by atoms with van der Waals surface area (Å²) in [6.07, 6.45) is 2.19. The van der Waals surface area contributed by atoms with Crippen LogP contribution in [-0.4, -0.2) is 44.1 Å². The van der Waals surface area contributed by atoms with Gasteiger partial charge in [0, 0.05) is 12.1 Å². The molecule has 22 heavy (non-hydrogen) atoms. The fraction of sp³-hybridized carbons (Fsp3) is 0.562. The second-order valence-corrected chi connectivity index (χ2v) is 5.54. The highest BCUT2D eigenvalue weighted by atomic mass is 35.5. The Morgan fingerprint density at radius 2 is 2.05 bits per heavy atom. The van der Waals surface area contributed by atoms with Gasteiger partial charge in [0.1, 0.15) is 5.75 Å². The van der Waals surface area contributed by atoms with Crippen molar-refractivity contribution in [3.63, 3.8) is 0 Å². The number of methoxy groups -OCH3 is 1. The Bertz CT molecular complexity index is 462. The van der Waals surface area contributed by atoms with Crippen LogP contribution in [0.5, 0.6) is 5.75 Å². The van der Waals surface area contributed by atoms with Gasteiger partial charge in [-0.15, -0.1) is 12.4 Å². The smallest absolute Gasteiger partial charge is 0.234 e. The summed E-state index contributed by atoms with van der Waals surface area (Å²) < 4.78 is 5.28. The van der Waals surface area contributed by atoms with Crippen molar-refractivity contribution in [1.29, 1.82) is 0 Å². The molecule has 2 rings (SSSR count). The van der Waals surface area contributed by atoms with Gasteiger partial charge in [0.2, 0.25) is 5.91 Å². The molecule has 0 radical (unpaired) electrons. The molecule has 0 bridgehead atoms. The largest absolute Gasteiger partial charge is 0.496 e. The Kier molecular flexibility index (Phi) is 8.24. The molecule has 1 amide bonds. The minimum atomic E-state index is 0. The number of nitrogens with one attached hydrogen (secondary N) is 1. The van der Waals surface area contributed by atoms with Gasteiger partial charge in [0.05, 0.1) is 13.7 Å². The minimum absolute atomic E-state index is 0. The number of likely N-dealkylation sites (tertiary alicyclic amines) is 1. The molecule has 1 aromatic carbocycles. The predicted octanol–water partition coefficient (Wildman–Crippen LogP) is 1.40. The molecular formula is C16H26ClN3O2. The maximum atomic E-state index is 12.0. The molecule has 0 unspecified atom stereocenters. The molecule has 0 atom stereocenters. The number of halogens is 1. The average Bonchev–Trinajstić information content (AvgIpc) is 2.54. The molecule has 0 saturated carbocycles. The van der Waals surface area contributed by atoms with E-state index in [4.69, 9.17) is 10.5 Å². The maximum Gasteiger partial charge on any atom is 0.234 e. The third-order valence-corrected chi connectivity index (χ3v) is 4.08. The van der Waals surface area contributed by atoms with E-state index in [2.05, 4.69) is 10.2 Å². The topological polar surface area (TPSA) is 67.6 Å². The summed E-state index contributed by atoms with van der Waals surface area (Å²) >= 11 is 0. The molecule has 1 aliphatic rings. The van der Waals surface area contributed by atoms with Gasteiger partial charge in [-0.05, 0) is 44.5 Å². The van der Waals surface area contributed by atoms with E-state index in [1.807, 2.05) is 24.3 Å². The van der Waals surface area contributed by atoms with Crippen LogP contribution >= 0.6 is 12.4 Å². The van der Waals surface area contributed by atoms with E-state index < -0.39 is 0 Å². The number of ether oxygens (including phenoxy) is 1. The Balaban J connectivity index is 0.00000242. The number of para-hydroxylation sites is 1. The summed E-state index contributed by atoms with van der Waals surface area (Å²) in [6, 6.07) is 7.73. The van der Waals surface area contributed by atoms with Crippen LogP contribution in [0.2, 0.25) is 0 Å². The van der Waals surface area contributed by atoms with Crippen LogP contribution < -0.4 is 15.8 Å². The number of carbonyl (C=O) groups is 1. The third kappa shape index (κ3) is 5.48. The average molecular weight is 328 g/mol. The van der Waals surface area contributed by atoms with Gasteiger partial charge >= 0.3 is 0 Å². The summed E-state index contributed by atoms with van der Waals surface area (Å²) in [6.45, 7) is 3.65. The summed E-state index contributed by atoms with van der Waals surface area (Å²) in [4.78, 5) is 14.2. The van der Waals surface area contributed by atoms with Crippen LogP contribution in [0.3, 0.4) is 0 Å². The van der Waals surface area contributed by atoms with E-state index in [1.54, 1.807) is 7.11 Å². The summed E-state index contributed by atoms with van der Waals surface area (Å²) in [5.41, 5.74) is 6.68. The van der Waals surface area contributed by atoms with Crippen LogP contribution in [0.25, 0.3) is 0 Å². The summed E-state index contributed by atoms with van der Waals surface area (Å²) in [5.74, 6) is 1.49. The number of hydrogen-bond acceptors (Lipinski definition) is 4. The Morgan fingerprint density at radius 1 is 1.36 bits per heavy atom. The lowest BCUT2D eigenvalue weighted by Gasteiger charge is -2.30. The molecule has 0 aliphatic carbocycles. The normalized spacial score (nSPS) is 15.9. The zero-order valence-electron chi connectivity index (χ0n) is 13.1. The van der Waals surface area contributed by atoms with Crippen LogP contribution in [-0.2, 0) is 11.3 Å². The quantitative estimate of drug-likeness (QED) is 0.829. The lowest BCUT2D eigenvalue weighted by Crippen LogP contribution is -2.42. The van der Waals surface area contributed by atoms with Gasteiger partial charge < -0.3 is 15.8 Å². The van der Waals surface area contributed by atoms with Crippen molar-refractivity contribution in [2.45, 2.75) is 19.4 Å². The molecule has 5 nitrogen and oxygen atoms in total. The van der Waals surface area contributed by atoms with Gasteiger partial charge in [-0.1, -0.05) is 18.2 Å². The number of carbonyl (C=O) groups excluding carboxylic acids is 1. The number of benzene rings is 1. The molecule has 124 valence electrons. The molecule has 0 spiro atoms. The van der Waals surface area contributed by atoms with Gasteiger partial charge in [-0.2, -0.15) is 0 Å². The minimum Gasteiger partial charge on any atom is -0.496 e. The molecule has 6 heteroatoms. The maximum absolute atomic E-state index is 12.0. The summed E-state index contributed by atoms with van der Waals surface area (Å²) in [5, 5.41) is 2.96. The summed E-state index contributed by atoms with van der Waals surface area (Å²) in [7, 11) is 1.64. The van der Waals surface area contributed by atoms with E-state index >= 15 is 0 Å². The van der Waals surface area contributed by atoms with Crippen LogP contribution in [0.4, 0.5) is 0 Å². The van der Waals surface area contributed by atoms with Crippen molar-refractivity contribution in [3.05, 3.63) is 29.8 Å². The first kappa shape index (κ1) is 18.7. The van der Waals surface area contributed by atoms with Crippen LogP contribution in [0, 0.1) is 5.92 Å². The van der Waals surface area contributed by atoms with E-state index in [0.29, 0.717) is 19.0 Å². The molecule has 1 fully saturated rings. The van der Waals surface area contributed by atoms with Crippen LogP contribution in [0.15, 0.2) is 24.3 Å². The van der Waals surface area contributed by atoms with E-state index in [9.17, 15) is 4.79 Å². The molecular weight excluding hydrogens is 302 g/mol. The van der Waals surface area contributed by atoms with E-state index in [0.717, 1.165) is 43.8 Å². The SMILES string of the molecule is COc1ccccc1CNC(=O)CN1CCC(CN)CC1.Cl. The van der Waals surface area contributed by atoms with Gasteiger partial charge in [-0.3, -0.25) is 9.69 Å². The number of piperidine rings is 1. The third-order valence-electron chi connectivity index (χ3n) is 4.08. The van der Waals surface area contributed by atoms with E-state index in [1.165, 1.54) is 0 Å². The number of nitrogens with zero attached hydrogens (tertiary/aromatic N) is 1. The lowest BCUT2D eigenvalue weighted by molar-refractivity contribution is -0.122. The van der Waals surface area contributed by atoms with Crippen molar-refractivity contribution in [1.82, 2.24) is 10.2 Å². The number of rotatable bonds is 6. The Morgan fingerprint density at radius 3 is 2.68 bits per heavy atom. The molecule has 1 aromatic rings. The first-order valence-electron chi connectivity index (χ1n) is 7.54. The standard InChI is InChI=1S/C16H25N3O2.ClH/c1-21-15-5-3-2-4-14(15)11-18-16(20)12-19-8-6-13(10-17)7-9-19;/h2-5,13H,6-12,17H2,1H3,(H,18,20);1H. The number of hydrogen-bond donors (Lipinski definition) is 2. The van der Waals surface area contributed by atoms with Crippen molar-refractivity contribution in [2.24, 2.45) is 11.7 Å². The highest BCUT2D eigenvalue weighted by molar-refractivity contribution is 5.85. The number of nitrogens with two attached hydrogens (primary N) is 1. The molecule has 1 aliphatic heterocycles. The first-order chi connectivity index (χ1) is 10.2. The molecule has 0 aromatic heterocycles. The molecule has 1 heterocycles. The Labute approximate surface area is 138 Å². The number of amides is 1. The lowest BCUT2D eigenvalue weighted by atomic mass is 9.97. The fourth-order valence-corrected chi connectivity index (χ4v) is 2.68. The van der Waals surface area contributed by atoms with E-state index in [-0.39, 0.29) is 18.3 Å². The first-order valence-corrected chi connectivity index (χ1v) is 7.54. The molecule has 3 N–H and O–H groups in total. The Hall–Kier alpha value is -1.30. The van der Waals surface area contributed by atoms with Gasteiger partial charge in [0.25, 0.3) is 0 Å². The second-order valence-electron chi connectivity index (χ2n) is 5.54. The zero-order chi connectivity index (χ0) is 15.1. The zero-order valence-corrected chi connectivity index (χ0v) is 13.9. The van der Waals surface area contributed by atoms with Crippen LogP contribution in [0.1, 0.15) is 18.4 Å².